The number of rotatable bonds is 1. The highest BCUT2D eigenvalue weighted by Crippen LogP contribution is 2.26. The lowest BCUT2D eigenvalue weighted by Crippen LogP contribution is -2.35. The fourth-order valence-electron chi connectivity index (χ4n) is 1.58. The van der Waals surface area contributed by atoms with E-state index in [-0.39, 0.29) is 11.6 Å². The van der Waals surface area contributed by atoms with Gasteiger partial charge in [0.05, 0.1) is 5.60 Å². The van der Waals surface area contributed by atoms with Crippen molar-refractivity contribution in [2.75, 3.05) is 0 Å². The molecule has 0 aliphatic carbocycles. The summed E-state index contributed by atoms with van der Waals surface area (Å²) in [4.78, 5) is 10.7. The van der Waals surface area contributed by atoms with Crippen LogP contribution in [0, 0.1) is 0 Å². The van der Waals surface area contributed by atoms with Crippen LogP contribution in [0.2, 0.25) is 0 Å². The molecule has 0 aromatic rings. The van der Waals surface area contributed by atoms with E-state index in [2.05, 4.69) is 0 Å². The lowest BCUT2D eigenvalue weighted by atomic mass is 10.0. The maximum atomic E-state index is 10.7. The van der Waals surface area contributed by atoms with Gasteiger partial charge in [-0.15, -0.1) is 0 Å². The van der Waals surface area contributed by atoms with Gasteiger partial charge in [0.25, 0.3) is 0 Å². The van der Waals surface area contributed by atoms with Crippen molar-refractivity contribution in [3.8, 4) is 0 Å². The van der Waals surface area contributed by atoms with Gasteiger partial charge in [0.1, 0.15) is 0 Å². The summed E-state index contributed by atoms with van der Waals surface area (Å²) in [6.07, 6.45) is 2.30. The van der Waals surface area contributed by atoms with Crippen LogP contribution in [0.3, 0.4) is 0 Å². The van der Waals surface area contributed by atoms with Crippen molar-refractivity contribution in [2.24, 2.45) is 0 Å². The van der Waals surface area contributed by atoms with Gasteiger partial charge in [0.15, 0.2) is 0 Å². The van der Waals surface area contributed by atoms with E-state index in [1.807, 2.05) is 26.8 Å². The third kappa shape index (κ3) is 3.19. The van der Waals surface area contributed by atoms with Crippen LogP contribution in [0.5, 0.6) is 0 Å². The van der Waals surface area contributed by atoms with E-state index in [0.29, 0.717) is 6.42 Å². The molecular weight excluding hydrogens is 168 g/mol. The van der Waals surface area contributed by atoms with Crippen molar-refractivity contribution in [3.63, 3.8) is 0 Å². The second kappa shape index (κ2) is 3.50. The lowest BCUT2D eigenvalue weighted by molar-refractivity contribution is -0.199. The summed E-state index contributed by atoms with van der Waals surface area (Å²) >= 11 is 0. The normalized spacial score (nSPS) is 26.5. The largest absolute Gasteiger partial charge is 0.436 e. The minimum Gasteiger partial charge on any atom is -0.436 e. The Labute approximate surface area is 78.7 Å². The average Bonchev–Trinajstić information content (AvgIpc) is 1.78. The molecule has 1 rings (SSSR count). The highest BCUT2D eigenvalue weighted by molar-refractivity contribution is 5.66. The molecule has 1 unspecified atom stereocenters. The maximum Gasteiger partial charge on any atom is 0.304 e. The van der Waals surface area contributed by atoms with Gasteiger partial charge in [0.2, 0.25) is 6.29 Å². The molecule has 3 nitrogen and oxygen atoms in total. The van der Waals surface area contributed by atoms with Crippen LogP contribution in [-0.4, -0.2) is 17.9 Å². The van der Waals surface area contributed by atoms with Gasteiger partial charge in [-0.1, -0.05) is 11.6 Å². The van der Waals surface area contributed by atoms with Crippen LogP contribution in [0.4, 0.5) is 0 Å². The zero-order valence-corrected chi connectivity index (χ0v) is 8.59. The Hall–Kier alpha value is -0.830. The molecule has 0 spiro atoms. The van der Waals surface area contributed by atoms with Crippen molar-refractivity contribution in [3.05, 3.63) is 11.6 Å². The number of hydrogen-bond acceptors (Lipinski definition) is 3. The van der Waals surface area contributed by atoms with Crippen LogP contribution in [0.15, 0.2) is 11.6 Å². The third-order valence-electron chi connectivity index (χ3n) is 1.82. The first-order valence-corrected chi connectivity index (χ1v) is 4.42. The standard InChI is InChI=1S/C10H16O3/c1-7-5-9(12-8(2)11)13-10(3,4)6-7/h6,9H,5H2,1-4H3. The Morgan fingerprint density at radius 3 is 2.77 bits per heavy atom. The molecule has 0 amide bonds. The summed E-state index contributed by atoms with van der Waals surface area (Å²) in [7, 11) is 0. The summed E-state index contributed by atoms with van der Waals surface area (Å²) in [5.74, 6) is -0.296. The number of carbonyl (C=O) groups is 1. The fraction of sp³-hybridized carbons (Fsp3) is 0.700. The van der Waals surface area contributed by atoms with Crippen LogP contribution in [0.25, 0.3) is 0 Å². The van der Waals surface area contributed by atoms with E-state index in [4.69, 9.17) is 9.47 Å². The lowest BCUT2D eigenvalue weighted by Gasteiger charge is -2.32. The molecule has 1 aliphatic heterocycles. The summed E-state index contributed by atoms with van der Waals surface area (Å²) in [5.41, 5.74) is 0.866. The highest BCUT2D eigenvalue weighted by Gasteiger charge is 2.28. The SMILES string of the molecule is CC(=O)OC1CC(C)=CC(C)(C)O1. The van der Waals surface area contributed by atoms with E-state index in [9.17, 15) is 4.79 Å². The summed E-state index contributed by atoms with van der Waals surface area (Å²) in [6, 6.07) is 0. The molecule has 0 aromatic heterocycles. The molecule has 1 heterocycles. The second-order valence-corrected chi connectivity index (χ2v) is 3.96. The quantitative estimate of drug-likeness (QED) is 0.462. The predicted octanol–water partition coefficient (Wildman–Crippen LogP) is 2.02. The van der Waals surface area contributed by atoms with Crippen molar-refractivity contribution in [2.45, 2.75) is 46.0 Å². The molecule has 0 saturated carbocycles. The van der Waals surface area contributed by atoms with Crippen molar-refractivity contribution in [1.29, 1.82) is 0 Å². The van der Waals surface area contributed by atoms with Gasteiger partial charge in [-0.3, -0.25) is 4.79 Å². The molecule has 0 bridgehead atoms. The number of esters is 1. The first-order valence-electron chi connectivity index (χ1n) is 4.42. The zero-order valence-electron chi connectivity index (χ0n) is 8.59. The molecule has 0 radical (unpaired) electrons. The smallest absolute Gasteiger partial charge is 0.304 e. The van der Waals surface area contributed by atoms with E-state index >= 15 is 0 Å². The first-order chi connectivity index (χ1) is 5.89. The number of carbonyl (C=O) groups excluding carboxylic acids is 1. The van der Waals surface area contributed by atoms with Crippen LogP contribution in [0.1, 0.15) is 34.1 Å². The fourth-order valence-corrected chi connectivity index (χ4v) is 1.58. The summed E-state index contributed by atoms with van der Waals surface area (Å²) < 4.78 is 10.5. The summed E-state index contributed by atoms with van der Waals surface area (Å²) in [5, 5.41) is 0. The van der Waals surface area contributed by atoms with Crippen LogP contribution >= 0.6 is 0 Å². The Kier molecular flexibility index (Phi) is 2.76. The molecule has 1 atom stereocenters. The van der Waals surface area contributed by atoms with Crippen molar-refractivity contribution in [1.82, 2.24) is 0 Å². The van der Waals surface area contributed by atoms with Crippen LogP contribution in [-0.2, 0) is 14.3 Å². The van der Waals surface area contributed by atoms with Gasteiger partial charge in [-0.05, 0) is 20.8 Å². The van der Waals surface area contributed by atoms with E-state index in [1.165, 1.54) is 12.5 Å². The van der Waals surface area contributed by atoms with Crippen LogP contribution < -0.4 is 0 Å². The van der Waals surface area contributed by atoms with E-state index in [0.717, 1.165) is 0 Å². The van der Waals surface area contributed by atoms with Gasteiger partial charge < -0.3 is 9.47 Å². The molecule has 0 aromatic carbocycles. The number of ether oxygens (including phenoxy) is 2. The third-order valence-corrected chi connectivity index (χ3v) is 1.82. The van der Waals surface area contributed by atoms with E-state index in [1.54, 1.807) is 0 Å². The second-order valence-electron chi connectivity index (χ2n) is 3.96. The molecule has 13 heavy (non-hydrogen) atoms. The monoisotopic (exact) mass is 184 g/mol. The van der Waals surface area contributed by atoms with Gasteiger partial charge >= 0.3 is 5.97 Å². The molecule has 3 heteroatoms. The average molecular weight is 184 g/mol. The molecular formula is C10H16O3. The first kappa shape index (κ1) is 10.3. The van der Waals surface area contributed by atoms with Crippen molar-refractivity contribution < 1.29 is 14.3 Å². The Bertz CT molecular complexity index is 241. The van der Waals surface area contributed by atoms with Gasteiger partial charge in [-0.2, -0.15) is 0 Å². The molecule has 0 saturated heterocycles. The molecule has 0 N–H and O–H groups in total. The predicted molar refractivity (Wildman–Crippen MR) is 49.1 cm³/mol. The topological polar surface area (TPSA) is 35.5 Å². The summed E-state index contributed by atoms with van der Waals surface area (Å²) in [6.45, 7) is 7.31. The van der Waals surface area contributed by atoms with Crippen molar-refractivity contribution >= 4 is 5.97 Å². The van der Waals surface area contributed by atoms with Gasteiger partial charge in [0, 0.05) is 13.3 Å². The number of hydrogen-bond donors (Lipinski definition) is 0. The minimum absolute atomic E-state index is 0.296. The van der Waals surface area contributed by atoms with Gasteiger partial charge in [-0.25, -0.2) is 0 Å². The Morgan fingerprint density at radius 2 is 2.31 bits per heavy atom. The highest BCUT2D eigenvalue weighted by atomic mass is 16.7. The molecule has 0 fully saturated rings. The Morgan fingerprint density at radius 1 is 1.69 bits per heavy atom. The molecule has 74 valence electrons. The maximum absolute atomic E-state index is 10.7. The molecule has 1 aliphatic rings. The Balaban J connectivity index is 2.64. The van der Waals surface area contributed by atoms with E-state index < -0.39 is 6.29 Å². The zero-order chi connectivity index (χ0) is 10.1. The minimum atomic E-state index is -0.419.